The molecule has 0 atom stereocenters. The molecule has 12 heteroatoms. The molecule has 0 aliphatic rings. The van der Waals surface area contributed by atoms with Crippen molar-refractivity contribution in [2.45, 2.75) is 4.90 Å². The van der Waals surface area contributed by atoms with Gasteiger partial charge in [0.15, 0.2) is 5.15 Å². The molecule has 0 aliphatic heterocycles. The maximum Gasteiger partial charge on any atom is 0.296 e. The van der Waals surface area contributed by atoms with Crippen LogP contribution in [0.3, 0.4) is 0 Å². The van der Waals surface area contributed by atoms with Gasteiger partial charge in [-0.15, -0.1) is 0 Å². The van der Waals surface area contributed by atoms with Gasteiger partial charge in [0.25, 0.3) is 21.6 Å². The summed E-state index contributed by atoms with van der Waals surface area (Å²) in [4.78, 5) is 24.0. The monoisotopic (exact) mass is 454 g/mol. The van der Waals surface area contributed by atoms with Gasteiger partial charge >= 0.3 is 0 Å². The van der Waals surface area contributed by atoms with Gasteiger partial charge in [0.1, 0.15) is 9.92 Å². The summed E-state index contributed by atoms with van der Waals surface area (Å²) in [6.45, 7) is 0. The minimum absolute atomic E-state index is 0.0300. The van der Waals surface area contributed by atoms with Crippen molar-refractivity contribution in [3.63, 3.8) is 0 Å². The largest absolute Gasteiger partial charge is 0.398 e. The zero-order chi connectivity index (χ0) is 21.3. The number of nitrogen functional groups attached to an aromatic ring is 1. The van der Waals surface area contributed by atoms with Gasteiger partial charge in [0.05, 0.1) is 11.4 Å². The number of benzene rings is 2. The van der Waals surface area contributed by atoms with Crippen LogP contribution >= 0.6 is 23.2 Å². The number of hydrogen-bond acceptors (Lipinski definition) is 6. The molecule has 150 valence electrons. The summed E-state index contributed by atoms with van der Waals surface area (Å²) in [7, 11) is -4.46. The number of nitrogens with two attached hydrogens (primary N) is 1. The molecule has 0 fully saturated rings. The van der Waals surface area contributed by atoms with Crippen LogP contribution in [0.2, 0.25) is 10.2 Å². The molecule has 0 bridgehead atoms. The highest BCUT2D eigenvalue weighted by Gasteiger charge is 2.15. The second-order valence-corrected chi connectivity index (χ2v) is 7.95. The molecular weight excluding hydrogens is 443 g/mol. The number of nitrogens with zero attached hydrogens (tertiary/aromatic N) is 2. The summed E-state index contributed by atoms with van der Waals surface area (Å²) in [6.07, 6.45) is 0. The number of hydrogen-bond donors (Lipinski definition) is 3. The lowest BCUT2D eigenvalue weighted by Crippen LogP contribution is -2.21. The lowest BCUT2D eigenvalue weighted by Gasteiger charge is -2.09. The van der Waals surface area contributed by atoms with E-state index in [1.54, 1.807) is 0 Å². The van der Waals surface area contributed by atoms with Gasteiger partial charge in [-0.2, -0.15) is 18.2 Å². The summed E-state index contributed by atoms with van der Waals surface area (Å²) >= 11 is 11.6. The predicted octanol–water partition coefficient (Wildman–Crippen LogP) is 2.62. The number of amides is 1. The summed E-state index contributed by atoms with van der Waals surface area (Å²) in [5.74, 6) is -0.514. The predicted molar refractivity (Wildman–Crippen MR) is 108 cm³/mol. The van der Waals surface area contributed by atoms with Crippen molar-refractivity contribution in [2.24, 2.45) is 0 Å². The molecule has 29 heavy (non-hydrogen) atoms. The molecule has 0 aliphatic carbocycles. The third kappa shape index (κ3) is 4.57. The highest BCUT2D eigenvalue weighted by atomic mass is 35.5. The quantitative estimate of drug-likeness (QED) is 0.405. The van der Waals surface area contributed by atoms with Crippen LogP contribution in [0.1, 0.15) is 10.4 Å². The van der Waals surface area contributed by atoms with Crippen LogP contribution < -0.4 is 16.6 Å². The Balaban J connectivity index is 1.83. The molecule has 3 rings (SSSR count). The number of anilines is 2. The minimum Gasteiger partial charge on any atom is -0.398 e. The van der Waals surface area contributed by atoms with Crippen molar-refractivity contribution in [2.75, 3.05) is 11.1 Å². The van der Waals surface area contributed by atoms with E-state index in [-0.39, 0.29) is 27.1 Å². The second kappa shape index (κ2) is 7.84. The molecule has 3 aromatic rings. The van der Waals surface area contributed by atoms with Crippen molar-refractivity contribution in [1.82, 2.24) is 9.78 Å². The summed E-state index contributed by atoms with van der Waals surface area (Å²) < 4.78 is 32.4. The standard InChI is InChI=1S/C17H12Cl2N4O5S/c18-12-8-15(19)22-23(17(12)25)11-4-1-9(2-5-11)16(24)21-10-3-6-14(13(20)7-10)29(26,27)28/h1-8H,20H2,(H,21,24)(H,26,27,28). The molecule has 0 saturated heterocycles. The highest BCUT2D eigenvalue weighted by molar-refractivity contribution is 7.86. The fourth-order valence-corrected chi connectivity index (χ4v) is 3.45. The summed E-state index contributed by atoms with van der Waals surface area (Å²) in [5.41, 5.74) is 5.62. The Morgan fingerprint density at radius 2 is 1.76 bits per heavy atom. The van der Waals surface area contributed by atoms with Gasteiger partial charge in [0.2, 0.25) is 0 Å². The van der Waals surface area contributed by atoms with E-state index in [1.807, 2.05) is 0 Å². The van der Waals surface area contributed by atoms with Gasteiger partial charge in [-0.05, 0) is 42.5 Å². The smallest absolute Gasteiger partial charge is 0.296 e. The fraction of sp³-hybridized carbons (Fsp3) is 0. The third-order valence-corrected chi connectivity index (χ3v) is 5.14. The molecule has 0 spiro atoms. The van der Waals surface area contributed by atoms with E-state index >= 15 is 0 Å². The zero-order valence-electron chi connectivity index (χ0n) is 14.3. The van der Waals surface area contributed by atoms with Gasteiger partial charge < -0.3 is 11.1 Å². The average molecular weight is 455 g/mol. The van der Waals surface area contributed by atoms with Crippen molar-refractivity contribution >= 4 is 50.6 Å². The Kier molecular flexibility index (Phi) is 5.62. The van der Waals surface area contributed by atoms with Gasteiger partial charge in [-0.3, -0.25) is 14.1 Å². The maximum absolute atomic E-state index is 12.4. The van der Waals surface area contributed by atoms with Crippen molar-refractivity contribution < 1.29 is 17.8 Å². The Labute approximate surface area is 174 Å². The molecule has 1 aromatic heterocycles. The highest BCUT2D eigenvalue weighted by Crippen LogP contribution is 2.23. The maximum atomic E-state index is 12.4. The first-order valence-corrected chi connectivity index (χ1v) is 10.00. The van der Waals surface area contributed by atoms with E-state index in [1.165, 1.54) is 42.5 Å². The van der Waals surface area contributed by atoms with Crippen molar-refractivity contribution in [1.29, 1.82) is 0 Å². The van der Waals surface area contributed by atoms with Gasteiger partial charge in [-0.1, -0.05) is 23.2 Å². The Morgan fingerprint density at radius 3 is 2.34 bits per heavy atom. The van der Waals surface area contributed by atoms with E-state index in [9.17, 15) is 18.0 Å². The third-order valence-electron chi connectivity index (χ3n) is 3.76. The topological polar surface area (TPSA) is 144 Å². The van der Waals surface area contributed by atoms with Crippen LogP contribution in [0.25, 0.3) is 5.69 Å². The Bertz CT molecular complexity index is 1270. The summed E-state index contributed by atoms with van der Waals surface area (Å²) in [6, 6.07) is 10.6. The SMILES string of the molecule is Nc1cc(NC(=O)c2ccc(-n3nc(Cl)cc(Cl)c3=O)cc2)ccc1S(=O)(=O)O. The van der Waals surface area contributed by atoms with Crippen LogP contribution in [0, 0.1) is 0 Å². The molecule has 2 aromatic carbocycles. The van der Waals surface area contributed by atoms with Crippen LogP contribution in [0.15, 0.2) is 58.2 Å². The molecule has 0 unspecified atom stereocenters. The van der Waals surface area contributed by atoms with E-state index < -0.39 is 26.5 Å². The lowest BCUT2D eigenvalue weighted by molar-refractivity contribution is 0.102. The summed E-state index contributed by atoms with van der Waals surface area (Å²) in [5, 5.41) is 6.36. The molecule has 9 nitrogen and oxygen atoms in total. The van der Waals surface area contributed by atoms with E-state index in [2.05, 4.69) is 10.4 Å². The molecular formula is C17H12Cl2N4O5S. The first-order valence-electron chi connectivity index (χ1n) is 7.80. The number of nitrogens with one attached hydrogen (secondary N) is 1. The van der Waals surface area contributed by atoms with E-state index in [0.29, 0.717) is 5.69 Å². The Morgan fingerprint density at radius 1 is 1.10 bits per heavy atom. The number of carbonyl (C=O) groups is 1. The van der Waals surface area contributed by atoms with Gasteiger partial charge in [0, 0.05) is 17.3 Å². The molecule has 1 amide bonds. The van der Waals surface area contributed by atoms with Crippen LogP contribution in [-0.4, -0.2) is 28.7 Å². The minimum atomic E-state index is -4.46. The van der Waals surface area contributed by atoms with Crippen molar-refractivity contribution in [3.05, 3.63) is 74.6 Å². The van der Waals surface area contributed by atoms with Crippen molar-refractivity contribution in [3.8, 4) is 5.69 Å². The van der Waals surface area contributed by atoms with Gasteiger partial charge in [-0.25, -0.2) is 0 Å². The lowest BCUT2D eigenvalue weighted by atomic mass is 10.2. The van der Waals surface area contributed by atoms with Crippen LogP contribution in [0.4, 0.5) is 11.4 Å². The van der Waals surface area contributed by atoms with E-state index in [4.69, 9.17) is 33.5 Å². The fourth-order valence-electron chi connectivity index (χ4n) is 2.43. The van der Waals surface area contributed by atoms with E-state index in [0.717, 1.165) is 10.7 Å². The second-order valence-electron chi connectivity index (χ2n) is 5.76. The first-order chi connectivity index (χ1) is 13.6. The molecule has 4 N–H and O–H groups in total. The normalized spacial score (nSPS) is 11.3. The average Bonchev–Trinajstić information content (AvgIpc) is 2.64. The zero-order valence-corrected chi connectivity index (χ0v) is 16.7. The number of carbonyl (C=O) groups excluding carboxylic acids is 1. The van der Waals surface area contributed by atoms with Crippen LogP contribution in [-0.2, 0) is 10.1 Å². The number of aromatic nitrogens is 2. The first kappa shape index (κ1) is 20.8. The molecule has 1 heterocycles. The van der Waals surface area contributed by atoms with Crippen LogP contribution in [0.5, 0.6) is 0 Å². The Hall–Kier alpha value is -2.92. The molecule has 0 radical (unpaired) electrons. The molecule has 0 saturated carbocycles. The number of halogens is 2. The number of rotatable bonds is 4.